The van der Waals surface area contributed by atoms with E-state index < -0.39 is 0 Å². The highest BCUT2D eigenvalue weighted by atomic mass is 14.9. The maximum absolute atomic E-state index is 5.17. The van der Waals surface area contributed by atoms with Gasteiger partial charge >= 0.3 is 0 Å². The molecule has 49 heavy (non-hydrogen) atoms. The van der Waals surface area contributed by atoms with Gasteiger partial charge in [-0.3, -0.25) is 4.98 Å². The van der Waals surface area contributed by atoms with E-state index in [9.17, 15) is 0 Å². The van der Waals surface area contributed by atoms with Crippen LogP contribution in [0.15, 0.2) is 182 Å². The first-order valence-electron chi connectivity index (χ1n) is 16.5. The van der Waals surface area contributed by atoms with E-state index in [-0.39, 0.29) is 0 Å². The largest absolute Gasteiger partial charge is 0.253 e. The average Bonchev–Trinajstić information content (AvgIpc) is 3.19. The van der Waals surface area contributed by atoms with Crippen LogP contribution in [0.25, 0.3) is 78.5 Å². The summed E-state index contributed by atoms with van der Waals surface area (Å²) in [5.74, 6) is 0.685. The minimum atomic E-state index is 0.685. The number of rotatable bonds is 7. The van der Waals surface area contributed by atoms with Crippen molar-refractivity contribution in [3.63, 3.8) is 0 Å². The van der Waals surface area contributed by atoms with E-state index in [1.807, 2.05) is 55.5 Å². The van der Waals surface area contributed by atoms with E-state index in [0.717, 1.165) is 67.3 Å². The van der Waals surface area contributed by atoms with Gasteiger partial charge in [0.2, 0.25) is 0 Å². The molecular formula is C46H33N3. The van der Waals surface area contributed by atoms with Crippen LogP contribution in [0, 0.1) is 6.92 Å². The summed E-state index contributed by atoms with van der Waals surface area (Å²) >= 11 is 0. The molecule has 8 rings (SSSR count). The van der Waals surface area contributed by atoms with Crippen molar-refractivity contribution in [1.29, 1.82) is 0 Å². The molecule has 0 aliphatic heterocycles. The lowest BCUT2D eigenvalue weighted by Crippen LogP contribution is -1.97. The fraction of sp³-hybridized carbons (Fsp3) is 0.0217. The van der Waals surface area contributed by atoms with Gasteiger partial charge in [-0.05, 0) is 76.7 Å². The molecule has 0 aliphatic rings. The Hall–Kier alpha value is -6.45. The summed E-state index contributed by atoms with van der Waals surface area (Å²) in [7, 11) is 0. The second kappa shape index (κ2) is 13.3. The Morgan fingerprint density at radius 2 is 0.653 bits per heavy atom. The normalized spacial score (nSPS) is 11.0. The second-order valence-electron chi connectivity index (χ2n) is 12.2. The number of pyridine rings is 1. The van der Waals surface area contributed by atoms with Gasteiger partial charge in [-0.1, -0.05) is 146 Å². The van der Waals surface area contributed by atoms with Crippen molar-refractivity contribution in [2.75, 3.05) is 0 Å². The fourth-order valence-electron chi connectivity index (χ4n) is 6.20. The second-order valence-corrected chi connectivity index (χ2v) is 12.2. The molecule has 0 unspecified atom stereocenters. The molecule has 0 N–H and O–H groups in total. The smallest absolute Gasteiger partial charge is 0.160 e. The van der Waals surface area contributed by atoms with Gasteiger partial charge in [-0.15, -0.1) is 0 Å². The zero-order chi connectivity index (χ0) is 33.0. The number of aromatic nitrogens is 3. The van der Waals surface area contributed by atoms with Crippen molar-refractivity contribution in [2.45, 2.75) is 6.92 Å². The van der Waals surface area contributed by atoms with Gasteiger partial charge < -0.3 is 0 Å². The van der Waals surface area contributed by atoms with Gasteiger partial charge in [0.1, 0.15) is 0 Å². The standard InChI is InChI=1S/C46H33N3/c1-32-12-11-19-43(47-32)39-26-24-36(25-27-39)41-28-40(35-22-20-34(21-23-35)33-13-5-2-6-14-33)29-42(30-41)46-48-44(37-15-7-3-8-16-37)31-45(49-46)38-17-9-4-10-18-38/h2-31H,1H3. The highest BCUT2D eigenvalue weighted by molar-refractivity contribution is 5.82. The maximum atomic E-state index is 5.17. The van der Waals surface area contributed by atoms with Crippen molar-refractivity contribution < 1.29 is 0 Å². The summed E-state index contributed by atoms with van der Waals surface area (Å²) in [6.45, 7) is 2.02. The molecule has 0 radical (unpaired) electrons. The molecule has 2 aromatic heterocycles. The maximum Gasteiger partial charge on any atom is 0.160 e. The number of aryl methyl sites for hydroxylation is 1. The van der Waals surface area contributed by atoms with Crippen molar-refractivity contribution >= 4 is 0 Å². The van der Waals surface area contributed by atoms with Crippen LogP contribution < -0.4 is 0 Å². The van der Waals surface area contributed by atoms with E-state index in [4.69, 9.17) is 15.0 Å². The van der Waals surface area contributed by atoms with E-state index in [2.05, 4.69) is 133 Å². The van der Waals surface area contributed by atoms with Gasteiger partial charge in [-0.2, -0.15) is 0 Å². The summed E-state index contributed by atoms with van der Waals surface area (Å²) in [6, 6.07) is 63.5. The molecular weight excluding hydrogens is 595 g/mol. The van der Waals surface area contributed by atoms with Gasteiger partial charge in [0.15, 0.2) is 5.82 Å². The molecule has 0 aliphatic carbocycles. The summed E-state index contributed by atoms with van der Waals surface area (Å²) < 4.78 is 0. The Morgan fingerprint density at radius 3 is 1.14 bits per heavy atom. The predicted molar refractivity (Wildman–Crippen MR) is 203 cm³/mol. The third kappa shape index (κ3) is 6.56. The Balaban J connectivity index is 1.27. The highest BCUT2D eigenvalue weighted by Crippen LogP contribution is 2.35. The molecule has 232 valence electrons. The fourth-order valence-corrected chi connectivity index (χ4v) is 6.20. The molecule has 2 heterocycles. The summed E-state index contributed by atoms with van der Waals surface area (Å²) in [5, 5.41) is 0. The molecule has 0 spiro atoms. The van der Waals surface area contributed by atoms with Crippen molar-refractivity contribution in [3.8, 4) is 78.5 Å². The van der Waals surface area contributed by atoms with Crippen LogP contribution in [0.4, 0.5) is 0 Å². The molecule has 8 aromatic rings. The van der Waals surface area contributed by atoms with Gasteiger partial charge in [0.05, 0.1) is 17.1 Å². The molecule has 3 nitrogen and oxygen atoms in total. The molecule has 0 saturated heterocycles. The minimum absolute atomic E-state index is 0.685. The zero-order valence-electron chi connectivity index (χ0n) is 27.2. The van der Waals surface area contributed by atoms with Crippen LogP contribution in [-0.4, -0.2) is 15.0 Å². The molecule has 0 amide bonds. The number of nitrogens with zero attached hydrogens (tertiary/aromatic N) is 3. The van der Waals surface area contributed by atoms with Crippen LogP contribution in [-0.2, 0) is 0 Å². The number of hydrogen-bond acceptors (Lipinski definition) is 3. The number of hydrogen-bond donors (Lipinski definition) is 0. The SMILES string of the molecule is Cc1cccc(-c2ccc(-c3cc(-c4ccc(-c5ccccc5)cc4)cc(-c4nc(-c5ccccc5)cc(-c5ccccc5)n4)c3)cc2)n1. The van der Waals surface area contributed by atoms with Gasteiger partial charge in [0, 0.05) is 27.9 Å². The summed E-state index contributed by atoms with van der Waals surface area (Å²) in [6.07, 6.45) is 0. The Labute approximate surface area is 287 Å². The van der Waals surface area contributed by atoms with Crippen molar-refractivity contribution in [1.82, 2.24) is 15.0 Å². The monoisotopic (exact) mass is 627 g/mol. The lowest BCUT2D eigenvalue weighted by Gasteiger charge is -2.14. The first-order valence-corrected chi connectivity index (χ1v) is 16.5. The summed E-state index contributed by atoms with van der Waals surface area (Å²) in [4.78, 5) is 15.1. The van der Waals surface area contributed by atoms with Crippen LogP contribution in [0.5, 0.6) is 0 Å². The van der Waals surface area contributed by atoms with E-state index >= 15 is 0 Å². The highest BCUT2D eigenvalue weighted by Gasteiger charge is 2.14. The van der Waals surface area contributed by atoms with Crippen LogP contribution in [0.2, 0.25) is 0 Å². The Morgan fingerprint density at radius 1 is 0.265 bits per heavy atom. The van der Waals surface area contributed by atoms with Crippen LogP contribution in [0.3, 0.4) is 0 Å². The van der Waals surface area contributed by atoms with Crippen molar-refractivity contribution in [3.05, 3.63) is 188 Å². The Bertz CT molecular complexity index is 2290. The average molecular weight is 628 g/mol. The quantitative estimate of drug-likeness (QED) is 0.176. The molecule has 0 fully saturated rings. The Kier molecular flexibility index (Phi) is 8.15. The molecule has 0 saturated carbocycles. The lowest BCUT2D eigenvalue weighted by molar-refractivity contribution is 1.18. The van der Waals surface area contributed by atoms with E-state index in [1.54, 1.807) is 0 Å². The zero-order valence-corrected chi connectivity index (χ0v) is 27.2. The third-order valence-electron chi connectivity index (χ3n) is 8.78. The molecule has 0 bridgehead atoms. The van der Waals surface area contributed by atoms with Crippen molar-refractivity contribution in [2.24, 2.45) is 0 Å². The number of benzene rings is 6. The van der Waals surface area contributed by atoms with Crippen LogP contribution in [0.1, 0.15) is 5.69 Å². The van der Waals surface area contributed by atoms with E-state index in [1.165, 1.54) is 11.1 Å². The van der Waals surface area contributed by atoms with E-state index in [0.29, 0.717) is 5.82 Å². The van der Waals surface area contributed by atoms with Crippen LogP contribution >= 0.6 is 0 Å². The first-order chi connectivity index (χ1) is 24.2. The van der Waals surface area contributed by atoms with Gasteiger partial charge in [0.25, 0.3) is 0 Å². The molecule has 3 heteroatoms. The predicted octanol–water partition coefficient (Wildman–Crippen LogP) is 11.8. The molecule has 6 aromatic carbocycles. The first kappa shape index (κ1) is 29.9. The molecule has 0 atom stereocenters. The summed E-state index contributed by atoms with van der Waals surface area (Å²) in [5.41, 5.74) is 14.7. The third-order valence-corrected chi connectivity index (χ3v) is 8.78. The minimum Gasteiger partial charge on any atom is -0.253 e. The topological polar surface area (TPSA) is 38.7 Å². The lowest BCUT2D eigenvalue weighted by atomic mass is 9.94. The van der Waals surface area contributed by atoms with Gasteiger partial charge in [-0.25, -0.2) is 9.97 Å².